The fraction of sp³-hybridized carbons (Fsp3) is 0.385. The lowest BCUT2D eigenvalue weighted by Crippen LogP contribution is -2.23. The molecular formula is C13H16O. The molecule has 1 N–H and O–H groups in total. The molecule has 0 rings (SSSR count). The highest BCUT2D eigenvalue weighted by molar-refractivity contribution is 5.44. The Morgan fingerprint density at radius 3 is 2.36 bits per heavy atom. The topological polar surface area (TPSA) is 20.2 Å². The van der Waals surface area contributed by atoms with Gasteiger partial charge in [0.15, 0.2) is 5.60 Å². The van der Waals surface area contributed by atoms with Crippen LogP contribution < -0.4 is 0 Å². The van der Waals surface area contributed by atoms with Crippen molar-refractivity contribution in [1.82, 2.24) is 0 Å². The van der Waals surface area contributed by atoms with Crippen molar-refractivity contribution < 1.29 is 5.11 Å². The summed E-state index contributed by atoms with van der Waals surface area (Å²) in [6.07, 6.45) is 15.1. The number of rotatable bonds is 3. The molecule has 0 aromatic carbocycles. The van der Waals surface area contributed by atoms with Gasteiger partial charge >= 0.3 is 0 Å². The highest BCUT2D eigenvalue weighted by Gasteiger charge is 2.21. The average Bonchev–Trinajstić information content (AvgIpc) is 2.19. The Hall–Kier alpha value is -1.44. The van der Waals surface area contributed by atoms with Crippen LogP contribution in [0.1, 0.15) is 27.2 Å². The Morgan fingerprint density at radius 2 is 2.07 bits per heavy atom. The monoisotopic (exact) mass is 188 g/mol. The van der Waals surface area contributed by atoms with Crippen LogP contribution in [0.15, 0.2) is 23.3 Å². The summed E-state index contributed by atoms with van der Waals surface area (Å²) in [4.78, 5) is 0. The van der Waals surface area contributed by atoms with Crippen LogP contribution in [0, 0.1) is 24.7 Å². The van der Waals surface area contributed by atoms with E-state index in [9.17, 15) is 5.11 Å². The van der Waals surface area contributed by atoms with Crippen LogP contribution in [0.5, 0.6) is 0 Å². The van der Waals surface area contributed by atoms with Gasteiger partial charge in [-0.25, -0.2) is 0 Å². The van der Waals surface area contributed by atoms with Crippen LogP contribution in [-0.2, 0) is 0 Å². The fourth-order valence-corrected chi connectivity index (χ4v) is 0.975. The van der Waals surface area contributed by atoms with Crippen LogP contribution in [0.2, 0.25) is 0 Å². The molecule has 1 heteroatoms. The van der Waals surface area contributed by atoms with Crippen molar-refractivity contribution in [1.29, 1.82) is 0 Å². The van der Waals surface area contributed by atoms with E-state index in [1.807, 2.05) is 19.9 Å². The van der Waals surface area contributed by atoms with Crippen LogP contribution in [0.3, 0.4) is 0 Å². The molecule has 0 spiro atoms. The van der Waals surface area contributed by atoms with Gasteiger partial charge in [0, 0.05) is 5.57 Å². The Labute approximate surface area is 86.5 Å². The van der Waals surface area contributed by atoms with Crippen molar-refractivity contribution >= 4 is 0 Å². The third-order valence-electron chi connectivity index (χ3n) is 2.07. The van der Waals surface area contributed by atoms with Gasteiger partial charge in [-0.3, -0.25) is 0 Å². The maximum Gasteiger partial charge on any atom is 0.155 e. The Balaban J connectivity index is 5.14. The lowest BCUT2D eigenvalue weighted by atomic mass is 9.94. The first-order valence-electron chi connectivity index (χ1n) is 4.55. The largest absolute Gasteiger partial charge is 0.373 e. The van der Waals surface area contributed by atoms with E-state index in [2.05, 4.69) is 11.8 Å². The molecule has 0 saturated carbocycles. The summed E-state index contributed by atoms with van der Waals surface area (Å²) < 4.78 is 0. The third-order valence-corrected chi connectivity index (χ3v) is 2.07. The summed E-state index contributed by atoms with van der Waals surface area (Å²) in [5.74, 6) is 4.68. The standard InChI is InChI=1S/C13H16O/c1-6-11(7-2)10-12(8-3)13(5,14)9-4/h3-4,6,10,14H,7H2,1-2,5H3/b11-6-,12-10+. The van der Waals surface area contributed by atoms with E-state index >= 15 is 0 Å². The predicted molar refractivity (Wildman–Crippen MR) is 60.4 cm³/mol. The molecule has 1 nitrogen and oxygen atoms in total. The van der Waals surface area contributed by atoms with Gasteiger partial charge < -0.3 is 5.11 Å². The van der Waals surface area contributed by atoms with Crippen molar-refractivity contribution in [2.75, 3.05) is 0 Å². The molecule has 0 radical (unpaired) electrons. The zero-order valence-electron chi connectivity index (χ0n) is 8.96. The van der Waals surface area contributed by atoms with E-state index < -0.39 is 5.60 Å². The van der Waals surface area contributed by atoms with Crippen LogP contribution in [0.4, 0.5) is 0 Å². The number of hydrogen-bond acceptors (Lipinski definition) is 1. The zero-order chi connectivity index (χ0) is 11.2. The van der Waals surface area contributed by atoms with Gasteiger partial charge in [-0.15, -0.1) is 12.8 Å². The second kappa shape index (κ2) is 5.32. The van der Waals surface area contributed by atoms with Crippen molar-refractivity contribution in [3.8, 4) is 24.7 Å². The molecule has 0 saturated heterocycles. The molecule has 0 heterocycles. The van der Waals surface area contributed by atoms with E-state index in [4.69, 9.17) is 12.8 Å². The van der Waals surface area contributed by atoms with Crippen molar-refractivity contribution in [2.45, 2.75) is 32.8 Å². The van der Waals surface area contributed by atoms with Gasteiger partial charge in [0.05, 0.1) is 0 Å². The first-order valence-corrected chi connectivity index (χ1v) is 4.55. The molecule has 0 fully saturated rings. The first-order chi connectivity index (χ1) is 6.51. The summed E-state index contributed by atoms with van der Waals surface area (Å²) in [5.41, 5.74) is 0.140. The summed E-state index contributed by atoms with van der Waals surface area (Å²) in [5, 5.41) is 9.75. The average molecular weight is 188 g/mol. The maximum atomic E-state index is 9.75. The van der Waals surface area contributed by atoms with Crippen LogP contribution in [0.25, 0.3) is 0 Å². The maximum absolute atomic E-state index is 9.75. The van der Waals surface area contributed by atoms with Crippen LogP contribution >= 0.6 is 0 Å². The Bertz CT molecular complexity index is 329. The summed E-state index contributed by atoms with van der Waals surface area (Å²) in [6, 6.07) is 0. The molecule has 0 amide bonds. The summed E-state index contributed by atoms with van der Waals surface area (Å²) in [6.45, 7) is 5.46. The predicted octanol–water partition coefficient (Wildman–Crippen LogP) is 2.29. The van der Waals surface area contributed by atoms with E-state index in [1.54, 1.807) is 6.08 Å². The molecular weight excluding hydrogens is 172 g/mol. The highest BCUT2D eigenvalue weighted by atomic mass is 16.3. The second-order valence-corrected chi connectivity index (χ2v) is 3.14. The molecule has 0 aliphatic heterocycles. The quantitative estimate of drug-likeness (QED) is 0.532. The number of allylic oxidation sites excluding steroid dienone is 3. The third kappa shape index (κ3) is 3.13. The summed E-state index contributed by atoms with van der Waals surface area (Å²) >= 11 is 0. The smallest absolute Gasteiger partial charge is 0.155 e. The Kier molecular flexibility index (Phi) is 4.78. The molecule has 1 unspecified atom stereocenters. The lowest BCUT2D eigenvalue weighted by molar-refractivity contribution is 0.166. The van der Waals surface area contributed by atoms with E-state index in [1.165, 1.54) is 6.92 Å². The molecule has 74 valence electrons. The van der Waals surface area contributed by atoms with Crippen LogP contribution in [-0.4, -0.2) is 10.7 Å². The minimum Gasteiger partial charge on any atom is -0.373 e. The highest BCUT2D eigenvalue weighted by Crippen LogP contribution is 2.17. The number of aliphatic hydroxyl groups is 1. The van der Waals surface area contributed by atoms with Crippen molar-refractivity contribution in [2.24, 2.45) is 0 Å². The number of terminal acetylenes is 2. The molecule has 0 aromatic heterocycles. The molecule has 0 aliphatic carbocycles. The van der Waals surface area contributed by atoms with E-state index in [0.717, 1.165) is 12.0 Å². The second-order valence-electron chi connectivity index (χ2n) is 3.14. The molecule has 0 aliphatic rings. The molecule has 14 heavy (non-hydrogen) atoms. The minimum atomic E-state index is -1.35. The molecule has 0 aromatic rings. The molecule has 0 bridgehead atoms. The Morgan fingerprint density at radius 1 is 1.50 bits per heavy atom. The zero-order valence-corrected chi connectivity index (χ0v) is 8.96. The number of hydrogen-bond donors (Lipinski definition) is 1. The SMILES string of the molecule is C#C/C(=C\C(=C/C)CC)C(C)(O)C#C. The minimum absolute atomic E-state index is 0.426. The van der Waals surface area contributed by atoms with Crippen molar-refractivity contribution in [3.63, 3.8) is 0 Å². The molecule has 1 atom stereocenters. The van der Waals surface area contributed by atoms with E-state index in [0.29, 0.717) is 5.57 Å². The first kappa shape index (κ1) is 12.6. The van der Waals surface area contributed by atoms with Gasteiger partial charge in [-0.1, -0.05) is 30.4 Å². The normalized spacial score (nSPS) is 16.7. The van der Waals surface area contributed by atoms with E-state index in [-0.39, 0.29) is 0 Å². The lowest BCUT2D eigenvalue weighted by Gasteiger charge is -2.16. The van der Waals surface area contributed by atoms with Gasteiger partial charge in [0.25, 0.3) is 0 Å². The van der Waals surface area contributed by atoms with Gasteiger partial charge in [0.1, 0.15) is 0 Å². The fourth-order valence-electron chi connectivity index (χ4n) is 0.975. The van der Waals surface area contributed by atoms with Gasteiger partial charge in [-0.2, -0.15) is 0 Å². The summed E-state index contributed by atoms with van der Waals surface area (Å²) in [7, 11) is 0. The van der Waals surface area contributed by atoms with Crippen molar-refractivity contribution in [3.05, 3.63) is 23.3 Å². The van der Waals surface area contributed by atoms with Gasteiger partial charge in [0.2, 0.25) is 0 Å². The van der Waals surface area contributed by atoms with Gasteiger partial charge in [-0.05, 0) is 26.3 Å².